The van der Waals surface area contributed by atoms with E-state index in [9.17, 15) is 0 Å². The summed E-state index contributed by atoms with van der Waals surface area (Å²) in [5.74, 6) is -7.30. The summed E-state index contributed by atoms with van der Waals surface area (Å²) in [7, 11) is -2.42. The van der Waals surface area contributed by atoms with E-state index < -0.39 is 31.2 Å². The first-order chi connectivity index (χ1) is 7.02. The topological polar surface area (TPSA) is 213 Å². The molecule has 0 saturated heterocycles. The summed E-state index contributed by atoms with van der Waals surface area (Å²) in [5.41, 5.74) is 0. The van der Waals surface area contributed by atoms with E-state index in [2.05, 4.69) is 0 Å². The van der Waals surface area contributed by atoms with Crippen LogP contribution in [-0.2, 0) is 19.2 Å². The van der Waals surface area contributed by atoms with E-state index in [1.54, 1.807) is 0 Å². The normalized spacial score (nSPS) is 6.76. The van der Waals surface area contributed by atoms with Crippen LogP contribution in [0.15, 0.2) is 0 Å². The second-order valence-electron chi connectivity index (χ2n) is 1.55. The first-order valence-corrected chi connectivity index (χ1v) is 2.96. The summed E-state index contributed by atoms with van der Waals surface area (Å²) in [6.07, 6.45) is 0. The van der Waals surface area contributed by atoms with Crippen molar-refractivity contribution in [3.05, 3.63) is 0 Å². The van der Waals surface area contributed by atoms with Gasteiger partial charge in [0.1, 0.15) is 0 Å². The standard InChI is InChI=1S/2C2H2O4.BH2O3.Li/c2*3-1(4)2(5)6;2-1(3)4;/h2*(H,3,4)(H,5,6);2-3H;/q;;-1;+1. The van der Waals surface area contributed by atoms with Gasteiger partial charge in [-0.25, -0.2) is 19.2 Å². The Balaban J connectivity index is -0.0000000741. The molecule has 0 bridgehead atoms. The minimum Gasteiger partial charge on any atom is -0.832 e. The van der Waals surface area contributed by atoms with Crippen LogP contribution in [-0.4, -0.2) is 61.7 Å². The molecule has 0 aliphatic rings. The fourth-order valence-electron chi connectivity index (χ4n) is 0. The maximum Gasteiger partial charge on any atom is 1.00 e. The average molecular weight is 248 g/mol. The van der Waals surface area contributed by atoms with Gasteiger partial charge in [0.25, 0.3) is 0 Å². The van der Waals surface area contributed by atoms with Crippen LogP contribution in [0.1, 0.15) is 0 Å². The molecule has 0 rings (SSSR count). The molecule has 0 saturated carbocycles. The number of hydrogen-bond acceptors (Lipinski definition) is 7. The maximum absolute atomic E-state index is 9.10. The summed E-state index contributed by atoms with van der Waals surface area (Å²) in [5, 5.41) is 52.3. The number of carboxylic acids is 4. The molecular formula is C4H6BLiO11. The summed E-state index contributed by atoms with van der Waals surface area (Å²) in [6, 6.07) is 0. The van der Waals surface area contributed by atoms with Gasteiger partial charge in [0.05, 0.1) is 0 Å². The summed E-state index contributed by atoms with van der Waals surface area (Å²) in [6.45, 7) is 0. The predicted octanol–water partition coefficient (Wildman–Crippen LogP) is -7.37. The molecule has 0 aliphatic carbocycles. The van der Waals surface area contributed by atoms with Crippen molar-refractivity contribution in [2.45, 2.75) is 0 Å². The third-order valence-electron chi connectivity index (χ3n) is 0.366. The van der Waals surface area contributed by atoms with Crippen molar-refractivity contribution in [3.63, 3.8) is 0 Å². The number of carbonyl (C=O) groups is 4. The fourth-order valence-corrected chi connectivity index (χ4v) is 0. The molecule has 0 atom stereocenters. The van der Waals surface area contributed by atoms with Gasteiger partial charge in [-0.15, -0.1) is 0 Å². The first-order valence-electron chi connectivity index (χ1n) is 2.96. The van der Waals surface area contributed by atoms with Gasteiger partial charge in [-0.2, -0.15) is 0 Å². The van der Waals surface area contributed by atoms with Crippen molar-refractivity contribution in [3.8, 4) is 0 Å². The zero-order valence-corrected chi connectivity index (χ0v) is 8.30. The fraction of sp³-hybridized carbons (Fsp3) is 0. The van der Waals surface area contributed by atoms with Crippen molar-refractivity contribution >= 4 is 31.2 Å². The third-order valence-corrected chi connectivity index (χ3v) is 0.366. The van der Waals surface area contributed by atoms with Crippen molar-refractivity contribution in [2.75, 3.05) is 0 Å². The van der Waals surface area contributed by atoms with Crippen molar-refractivity contribution in [1.82, 2.24) is 0 Å². The predicted molar refractivity (Wildman–Crippen MR) is 40.7 cm³/mol. The van der Waals surface area contributed by atoms with E-state index in [1.807, 2.05) is 0 Å². The molecule has 0 amide bonds. The van der Waals surface area contributed by atoms with Crippen LogP contribution in [0.4, 0.5) is 0 Å². The Hall–Kier alpha value is -1.58. The molecule has 17 heavy (non-hydrogen) atoms. The Morgan fingerprint density at radius 1 is 0.706 bits per heavy atom. The quantitative estimate of drug-likeness (QED) is 0.175. The van der Waals surface area contributed by atoms with E-state index in [-0.39, 0.29) is 18.9 Å². The van der Waals surface area contributed by atoms with Gasteiger partial charge in [0, 0.05) is 0 Å². The monoisotopic (exact) mass is 248 g/mol. The Morgan fingerprint density at radius 3 is 0.765 bits per heavy atom. The van der Waals surface area contributed by atoms with Gasteiger partial charge in [0.15, 0.2) is 0 Å². The molecule has 0 radical (unpaired) electrons. The number of carboxylic acid groups (broad SMARTS) is 4. The molecule has 0 fully saturated rings. The van der Waals surface area contributed by atoms with Crippen LogP contribution in [0.25, 0.3) is 0 Å². The van der Waals surface area contributed by atoms with Crippen LogP contribution in [0.3, 0.4) is 0 Å². The summed E-state index contributed by atoms with van der Waals surface area (Å²) in [4.78, 5) is 36.4. The van der Waals surface area contributed by atoms with Crippen LogP contribution >= 0.6 is 0 Å². The molecule has 13 heteroatoms. The Morgan fingerprint density at radius 2 is 0.765 bits per heavy atom. The molecule has 92 valence electrons. The zero-order valence-electron chi connectivity index (χ0n) is 8.30. The Kier molecular flexibility index (Phi) is 20.9. The Labute approximate surface area is 105 Å². The number of aliphatic carboxylic acids is 4. The zero-order chi connectivity index (χ0) is 13.9. The molecule has 0 aromatic rings. The maximum atomic E-state index is 9.10. The van der Waals surface area contributed by atoms with Crippen LogP contribution in [0.2, 0.25) is 0 Å². The molecule has 0 aliphatic heterocycles. The van der Waals surface area contributed by atoms with Gasteiger partial charge in [-0.05, 0) is 0 Å². The van der Waals surface area contributed by atoms with Crippen molar-refractivity contribution < 1.29 is 73.5 Å². The van der Waals surface area contributed by atoms with E-state index >= 15 is 0 Å². The van der Waals surface area contributed by atoms with E-state index in [1.165, 1.54) is 0 Å². The third kappa shape index (κ3) is 54.0. The van der Waals surface area contributed by atoms with E-state index in [4.69, 9.17) is 54.7 Å². The second-order valence-corrected chi connectivity index (χ2v) is 1.55. The van der Waals surface area contributed by atoms with E-state index in [0.29, 0.717) is 0 Å². The van der Waals surface area contributed by atoms with E-state index in [0.717, 1.165) is 0 Å². The molecular weight excluding hydrogens is 242 g/mol. The SMILES string of the molecule is O=C(O)C(=O)O.O=C(O)C(=O)O.[Li+].[O-]B(O)O. The van der Waals surface area contributed by atoms with Crippen molar-refractivity contribution in [1.29, 1.82) is 0 Å². The van der Waals surface area contributed by atoms with Crippen LogP contribution < -0.4 is 23.9 Å². The minimum absolute atomic E-state index is 0. The molecule has 0 unspecified atom stereocenters. The molecule has 0 spiro atoms. The first kappa shape index (κ1) is 24.6. The number of hydrogen-bond donors (Lipinski definition) is 6. The summed E-state index contributed by atoms with van der Waals surface area (Å²) >= 11 is 0. The van der Waals surface area contributed by atoms with Gasteiger partial charge < -0.3 is 35.5 Å². The molecule has 0 aromatic heterocycles. The van der Waals surface area contributed by atoms with Gasteiger partial charge in [0.2, 0.25) is 0 Å². The largest absolute Gasteiger partial charge is 1.00 e. The number of rotatable bonds is 0. The Bertz CT molecular complexity index is 211. The van der Waals surface area contributed by atoms with Crippen LogP contribution in [0.5, 0.6) is 0 Å². The molecule has 0 heterocycles. The van der Waals surface area contributed by atoms with Gasteiger partial charge in [-0.3, -0.25) is 0 Å². The van der Waals surface area contributed by atoms with Crippen molar-refractivity contribution in [2.24, 2.45) is 0 Å². The minimum atomic E-state index is -2.42. The second kappa shape index (κ2) is 14.4. The summed E-state index contributed by atoms with van der Waals surface area (Å²) < 4.78 is 0. The molecule has 6 N–H and O–H groups in total. The van der Waals surface area contributed by atoms with Gasteiger partial charge >= 0.3 is 50.1 Å². The molecule has 11 nitrogen and oxygen atoms in total. The average Bonchev–Trinajstić information content (AvgIpc) is 2.03. The molecule has 0 aromatic carbocycles. The smallest absolute Gasteiger partial charge is 0.832 e. The van der Waals surface area contributed by atoms with Crippen LogP contribution in [0, 0.1) is 0 Å². The van der Waals surface area contributed by atoms with Gasteiger partial charge in [-0.1, -0.05) is 0 Å².